The number of hydrogen-bond acceptors (Lipinski definition) is 1. The summed E-state index contributed by atoms with van der Waals surface area (Å²) in [4.78, 5) is 10.5. The zero-order valence-corrected chi connectivity index (χ0v) is 13.5. The Bertz CT molecular complexity index is 268. The maximum atomic E-state index is 10.5. The second-order valence-corrected chi connectivity index (χ2v) is 5.78. The van der Waals surface area contributed by atoms with Crippen LogP contribution in [0.1, 0.15) is 112 Å². The van der Waals surface area contributed by atoms with Crippen molar-refractivity contribution in [1.29, 1.82) is 0 Å². The van der Waals surface area contributed by atoms with E-state index in [-0.39, 0.29) is 12.8 Å². The normalized spacial score (nSPS) is 13.1. The van der Waals surface area contributed by atoms with Gasteiger partial charge in [0.2, 0.25) is 0 Å². The lowest BCUT2D eigenvalue weighted by Crippen LogP contribution is -1.93. The summed E-state index contributed by atoms with van der Waals surface area (Å²) in [6.07, 6.45) is 14.5. The van der Waals surface area contributed by atoms with Crippen molar-refractivity contribution in [3.05, 3.63) is 0 Å². The highest BCUT2D eigenvalue weighted by atomic mass is 16.4. The Morgan fingerprint density at radius 2 is 1.15 bits per heavy atom. The zero-order chi connectivity index (χ0) is 16.7. The molecule has 0 atom stereocenters. The molecule has 0 aromatic heterocycles. The van der Waals surface area contributed by atoms with Crippen LogP contribution in [0.5, 0.6) is 0 Å². The number of unbranched alkanes of at least 4 members (excludes halogenated alkanes) is 11. The molecule has 0 radical (unpaired) electrons. The summed E-state index contributed by atoms with van der Waals surface area (Å²) in [5.74, 6) is -0.904. The van der Waals surface area contributed by atoms with Crippen LogP contribution in [0.25, 0.3) is 0 Å². The van der Waals surface area contributed by atoms with Crippen molar-refractivity contribution in [2.24, 2.45) is 0 Å². The molecule has 0 aliphatic rings. The topological polar surface area (TPSA) is 37.3 Å². The Hall–Kier alpha value is -0.530. The second kappa shape index (κ2) is 16.5. The summed E-state index contributed by atoms with van der Waals surface area (Å²) in [6.45, 7) is 2.25. The molecule has 120 valence electrons. The maximum Gasteiger partial charge on any atom is 0.303 e. The highest BCUT2D eigenvalue weighted by Gasteiger charge is 1.97. The fourth-order valence-electron chi connectivity index (χ4n) is 2.41. The van der Waals surface area contributed by atoms with Gasteiger partial charge in [-0.3, -0.25) is 4.79 Å². The smallest absolute Gasteiger partial charge is 0.303 e. The van der Waals surface area contributed by atoms with Crippen molar-refractivity contribution in [2.75, 3.05) is 0 Å². The van der Waals surface area contributed by atoms with Gasteiger partial charge in [-0.2, -0.15) is 0 Å². The number of carbonyl (C=O) groups is 1. The summed E-state index contributed by atoms with van der Waals surface area (Å²) in [6, 6.07) is 0. The molecule has 0 bridgehead atoms. The molecule has 1 N–H and O–H groups in total. The largest absolute Gasteiger partial charge is 0.481 e. The van der Waals surface area contributed by atoms with Crippen molar-refractivity contribution in [3.8, 4) is 0 Å². The first kappa shape index (κ1) is 15.9. The van der Waals surface area contributed by atoms with Crippen LogP contribution < -0.4 is 0 Å². The Labute approximate surface area is 129 Å². The summed E-state index contributed by atoms with van der Waals surface area (Å²) in [7, 11) is 0. The SMILES string of the molecule is [2H]C([2H])(CCCCCCCCCCCCCC)CCC(=O)O. The minimum Gasteiger partial charge on any atom is -0.481 e. The second-order valence-electron chi connectivity index (χ2n) is 5.78. The fourth-order valence-corrected chi connectivity index (χ4v) is 2.41. The van der Waals surface area contributed by atoms with E-state index in [1.165, 1.54) is 64.2 Å². The van der Waals surface area contributed by atoms with Crippen LogP contribution in [-0.2, 0) is 4.79 Å². The van der Waals surface area contributed by atoms with Gasteiger partial charge >= 0.3 is 5.97 Å². The quantitative estimate of drug-likeness (QED) is 0.336. The maximum absolute atomic E-state index is 10.5. The van der Waals surface area contributed by atoms with E-state index in [1.54, 1.807) is 0 Å². The molecule has 2 heteroatoms. The number of rotatable bonds is 16. The van der Waals surface area contributed by atoms with Gasteiger partial charge in [-0.25, -0.2) is 0 Å². The van der Waals surface area contributed by atoms with Crippen LogP contribution in [-0.4, -0.2) is 11.1 Å². The molecule has 0 unspecified atom stereocenters. The highest BCUT2D eigenvalue weighted by molar-refractivity contribution is 5.66. The molecule has 0 spiro atoms. The predicted molar refractivity (Wildman–Crippen MR) is 87.2 cm³/mol. The molecule has 0 heterocycles. The molecule has 0 aromatic rings. The van der Waals surface area contributed by atoms with Crippen LogP contribution in [0, 0.1) is 0 Å². The Kier molecular flexibility index (Phi) is 13.1. The van der Waals surface area contributed by atoms with Gasteiger partial charge in [0, 0.05) is 9.16 Å². The van der Waals surface area contributed by atoms with Crippen molar-refractivity contribution in [2.45, 2.75) is 110 Å². The molecule has 0 aliphatic heterocycles. The number of carboxylic acids is 1. The average molecular weight is 286 g/mol. The fraction of sp³-hybridized carbons (Fsp3) is 0.944. The van der Waals surface area contributed by atoms with Crippen LogP contribution >= 0.6 is 0 Å². The van der Waals surface area contributed by atoms with Crippen LogP contribution in [0.2, 0.25) is 0 Å². The highest BCUT2D eigenvalue weighted by Crippen LogP contribution is 2.13. The first-order valence-electron chi connectivity index (χ1n) is 9.70. The molecule has 0 fully saturated rings. The molecule has 20 heavy (non-hydrogen) atoms. The third kappa shape index (κ3) is 17.5. The van der Waals surface area contributed by atoms with Gasteiger partial charge < -0.3 is 5.11 Å². The van der Waals surface area contributed by atoms with E-state index >= 15 is 0 Å². The Morgan fingerprint density at radius 1 is 0.750 bits per heavy atom. The Morgan fingerprint density at radius 3 is 1.55 bits per heavy atom. The standard InChI is InChI=1S/C18H36O2/c1-2-3-4-5-6-7-8-9-10-11-12-13-14-15-16-17-18(19)20/h2-17H2,1H3,(H,19,20)/i15D2. The molecule has 0 aromatic carbocycles. The Balaban J connectivity index is 3.27. The minimum atomic E-state index is -1.31. The zero-order valence-electron chi connectivity index (χ0n) is 15.5. The molecule has 0 rings (SSSR count). The van der Waals surface area contributed by atoms with Gasteiger partial charge in [0.05, 0.1) is 0 Å². The van der Waals surface area contributed by atoms with E-state index in [2.05, 4.69) is 6.92 Å². The number of aliphatic carboxylic acids is 1. The third-order valence-electron chi connectivity index (χ3n) is 3.72. The van der Waals surface area contributed by atoms with Gasteiger partial charge in [0.1, 0.15) is 0 Å². The van der Waals surface area contributed by atoms with Crippen LogP contribution in [0.3, 0.4) is 0 Å². The van der Waals surface area contributed by atoms with Crippen molar-refractivity contribution < 1.29 is 12.6 Å². The van der Waals surface area contributed by atoms with E-state index in [1.807, 2.05) is 0 Å². The number of carboxylic acid groups (broad SMARTS) is 1. The lowest BCUT2D eigenvalue weighted by Gasteiger charge is -2.03. The van der Waals surface area contributed by atoms with E-state index in [0.29, 0.717) is 6.42 Å². The van der Waals surface area contributed by atoms with E-state index < -0.39 is 12.3 Å². The lowest BCUT2D eigenvalue weighted by molar-refractivity contribution is -0.137. The van der Waals surface area contributed by atoms with Gasteiger partial charge in [-0.15, -0.1) is 0 Å². The first-order chi connectivity index (χ1) is 10.5. The molecule has 0 saturated carbocycles. The summed E-state index contributed by atoms with van der Waals surface area (Å²) in [5, 5.41) is 8.58. The summed E-state index contributed by atoms with van der Waals surface area (Å²) < 4.78 is 15.5. The van der Waals surface area contributed by atoms with Crippen molar-refractivity contribution in [1.82, 2.24) is 0 Å². The molecule has 2 nitrogen and oxygen atoms in total. The van der Waals surface area contributed by atoms with E-state index in [9.17, 15) is 4.79 Å². The van der Waals surface area contributed by atoms with Crippen LogP contribution in [0.4, 0.5) is 0 Å². The molecular weight excluding hydrogens is 248 g/mol. The predicted octanol–water partition coefficient (Wildman–Crippen LogP) is 6.33. The van der Waals surface area contributed by atoms with Gasteiger partial charge in [-0.1, -0.05) is 96.8 Å². The monoisotopic (exact) mass is 286 g/mol. The molecular formula is C18H36O2. The van der Waals surface area contributed by atoms with Crippen LogP contribution in [0.15, 0.2) is 0 Å². The first-order valence-corrected chi connectivity index (χ1v) is 8.70. The molecule has 0 aliphatic carbocycles. The minimum absolute atomic E-state index is 0.0642. The van der Waals surface area contributed by atoms with Gasteiger partial charge in [-0.05, 0) is 6.42 Å². The van der Waals surface area contributed by atoms with Gasteiger partial charge in [0.15, 0.2) is 0 Å². The summed E-state index contributed by atoms with van der Waals surface area (Å²) >= 11 is 0. The van der Waals surface area contributed by atoms with Crippen molar-refractivity contribution in [3.63, 3.8) is 0 Å². The van der Waals surface area contributed by atoms with Gasteiger partial charge in [0.25, 0.3) is 0 Å². The van der Waals surface area contributed by atoms with E-state index in [4.69, 9.17) is 7.85 Å². The van der Waals surface area contributed by atoms with Crippen molar-refractivity contribution >= 4 is 5.97 Å². The third-order valence-corrected chi connectivity index (χ3v) is 3.72. The lowest BCUT2D eigenvalue weighted by atomic mass is 10.0. The van der Waals surface area contributed by atoms with E-state index in [0.717, 1.165) is 12.8 Å². The summed E-state index contributed by atoms with van der Waals surface area (Å²) in [5.41, 5.74) is 0. The number of hydrogen-bond donors (Lipinski definition) is 1. The molecule has 0 saturated heterocycles. The molecule has 0 amide bonds. The average Bonchev–Trinajstić information content (AvgIpc) is 2.46.